The van der Waals surface area contributed by atoms with Gasteiger partial charge in [0.05, 0.1) is 80.2 Å². The number of aliphatic hydroxyl groups is 2. The Morgan fingerprint density at radius 1 is 0.862 bits per heavy atom. The lowest BCUT2D eigenvalue weighted by Crippen LogP contribution is -2.38. The van der Waals surface area contributed by atoms with Gasteiger partial charge in [-0.2, -0.15) is 0 Å². The summed E-state index contributed by atoms with van der Waals surface area (Å²) >= 11 is 0. The highest BCUT2D eigenvalue weighted by molar-refractivity contribution is 8.77. The molecule has 4 amide bonds. The number of nitrogens with one attached hydrogen (secondary N) is 2. The Morgan fingerprint density at radius 2 is 1.38 bits per heavy atom. The molecule has 4 N–H and O–H groups in total. The number of methoxy groups -OCH3 is 2. The Kier molecular flexibility index (Phi) is 18.2. The third kappa shape index (κ3) is 13.7. The van der Waals surface area contributed by atoms with Gasteiger partial charge in [0.25, 0.3) is 11.8 Å². The number of hydrogen-bond acceptors (Lipinski definition) is 17. The molecule has 0 spiro atoms. The summed E-state index contributed by atoms with van der Waals surface area (Å²) in [4.78, 5) is 71.9. The molecular formula is C43H56N6O14S2. The monoisotopic (exact) mass is 944 g/mol. The number of aromatic nitrogens is 1. The number of hydrogen-bond donors (Lipinski definition) is 4. The largest absolute Gasteiger partial charge is 0.493 e. The first-order valence-corrected chi connectivity index (χ1v) is 23.2. The first-order valence-electron chi connectivity index (χ1n) is 21.0. The van der Waals surface area contributed by atoms with Crippen LogP contribution in [0.1, 0.15) is 80.5 Å². The zero-order chi connectivity index (χ0) is 47.3. The van der Waals surface area contributed by atoms with Crippen molar-refractivity contribution in [2.45, 2.75) is 87.8 Å². The van der Waals surface area contributed by atoms with Crippen LogP contribution in [0.15, 0.2) is 47.6 Å². The van der Waals surface area contributed by atoms with E-state index in [0.717, 1.165) is 17.2 Å². The Morgan fingerprint density at radius 3 is 1.86 bits per heavy atom. The lowest BCUT2D eigenvalue weighted by atomic mass is 10.1. The third-order valence-corrected chi connectivity index (χ3v) is 12.9. The fourth-order valence-corrected chi connectivity index (χ4v) is 9.07. The maximum absolute atomic E-state index is 13.9. The standard InChI is InChI=1S/C43H56N6O14S2/c1-26(64-65-38-33(49(56)57)13-7-14-44-38)25-62-41(54)45-31-21-36(34(58-5)19-29(31)39(52)47-15-8-11-27(47)23-50)60-17-10-18-61-37-22-32(46-42(55)63-43(2,3)4)30(20-35(37)59-6)40(53)48-16-9-12-28(48)24-51/h7,13-14,19-22,26-28,50-51H,8-12,15-18,23-25H2,1-6H3,(H,45,54)(H,46,55)/t26-,27+,28+/m1/s1. The van der Waals surface area contributed by atoms with Crippen molar-refractivity contribution in [3.63, 3.8) is 0 Å². The van der Waals surface area contributed by atoms with E-state index >= 15 is 0 Å². The summed E-state index contributed by atoms with van der Waals surface area (Å²) in [6.45, 7) is 7.37. The second kappa shape index (κ2) is 23.5. The minimum atomic E-state index is -0.874. The van der Waals surface area contributed by atoms with E-state index < -0.39 is 40.6 Å². The number of carbonyl (C=O) groups is 4. The normalized spacial score (nSPS) is 16.4. The molecule has 2 fully saturated rings. The van der Waals surface area contributed by atoms with E-state index in [4.69, 9.17) is 28.4 Å². The van der Waals surface area contributed by atoms with Crippen LogP contribution in [0.5, 0.6) is 23.0 Å². The van der Waals surface area contributed by atoms with Crippen molar-refractivity contribution in [1.29, 1.82) is 0 Å². The van der Waals surface area contributed by atoms with Crippen LogP contribution in [-0.2, 0) is 9.47 Å². The molecule has 2 aromatic carbocycles. The van der Waals surface area contributed by atoms with E-state index in [1.165, 1.54) is 67.6 Å². The molecule has 2 aliphatic heterocycles. The third-order valence-electron chi connectivity index (χ3n) is 10.1. The number of rotatable bonds is 20. The van der Waals surface area contributed by atoms with Crippen molar-refractivity contribution in [2.75, 3.05) is 71.0 Å². The minimum Gasteiger partial charge on any atom is -0.493 e. The van der Waals surface area contributed by atoms with Crippen molar-refractivity contribution in [3.8, 4) is 23.0 Å². The minimum absolute atomic E-state index is 0.0620. The second-order valence-corrected chi connectivity index (χ2v) is 18.7. The predicted molar refractivity (Wildman–Crippen MR) is 243 cm³/mol. The summed E-state index contributed by atoms with van der Waals surface area (Å²) < 4.78 is 34.3. The first kappa shape index (κ1) is 50.3. The Hall–Kier alpha value is -5.71. The molecule has 65 heavy (non-hydrogen) atoms. The van der Waals surface area contributed by atoms with Gasteiger partial charge in [-0.05, 0) is 82.4 Å². The van der Waals surface area contributed by atoms with Crippen LogP contribution < -0.4 is 29.6 Å². The number of nitro groups is 1. The van der Waals surface area contributed by atoms with Crippen LogP contribution in [0.4, 0.5) is 26.7 Å². The van der Waals surface area contributed by atoms with Crippen molar-refractivity contribution < 1.29 is 62.7 Å². The number of nitrogens with zero attached hydrogens (tertiary/aromatic N) is 4. The quantitative estimate of drug-likeness (QED) is 0.0395. The Bertz CT molecular complexity index is 2180. The maximum atomic E-state index is 13.9. The summed E-state index contributed by atoms with van der Waals surface area (Å²) in [7, 11) is 5.14. The molecule has 2 aliphatic rings. The molecule has 3 atom stereocenters. The molecule has 0 unspecified atom stereocenters. The number of likely N-dealkylation sites (tertiary alicyclic amines) is 2. The SMILES string of the molecule is COc1cc(C(=O)N2CCC[C@H]2CO)c(NC(=O)OC[C@@H](C)SSc2ncccc2[N+](=O)[O-])cc1OCCCOc1cc(NC(=O)OC(C)(C)C)c(C(=O)N2CCC[C@H]2CO)cc1OC. The highest BCUT2D eigenvalue weighted by Gasteiger charge is 2.33. The van der Waals surface area contributed by atoms with E-state index in [1.54, 1.807) is 37.5 Å². The van der Waals surface area contributed by atoms with Gasteiger partial charge in [0.1, 0.15) is 12.2 Å². The second-order valence-electron chi connectivity index (χ2n) is 16.0. The van der Waals surface area contributed by atoms with Gasteiger partial charge in [0.2, 0.25) is 0 Å². The van der Waals surface area contributed by atoms with Crippen LogP contribution in [0, 0.1) is 10.1 Å². The molecule has 0 radical (unpaired) electrons. The molecule has 5 rings (SSSR count). The lowest BCUT2D eigenvalue weighted by Gasteiger charge is -2.26. The molecule has 3 aromatic rings. The van der Waals surface area contributed by atoms with E-state index in [2.05, 4.69) is 15.6 Å². The molecule has 354 valence electrons. The van der Waals surface area contributed by atoms with Gasteiger partial charge in [-0.25, -0.2) is 14.6 Å². The summed E-state index contributed by atoms with van der Waals surface area (Å²) in [6.07, 6.45) is 2.75. The average molecular weight is 945 g/mol. The molecule has 1 aromatic heterocycles. The van der Waals surface area contributed by atoms with Gasteiger partial charge in [-0.3, -0.25) is 30.3 Å². The van der Waals surface area contributed by atoms with Gasteiger partial charge in [-0.15, -0.1) is 0 Å². The highest BCUT2D eigenvalue weighted by atomic mass is 33.1. The molecule has 3 heterocycles. The molecule has 0 aliphatic carbocycles. The Labute approximate surface area is 384 Å². The van der Waals surface area contributed by atoms with Crippen LogP contribution in [0.3, 0.4) is 0 Å². The van der Waals surface area contributed by atoms with Gasteiger partial charge in [0.15, 0.2) is 28.0 Å². The van der Waals surface area contributed by atoms with Gasteiger partial charge >= 0.3 is 17.9 Å². The number of ether oxygens (including phenoxy) is 6. The van der Waals surface area contributed by atoms with E-state index in [1.807, 2.05) is 0 Å². The number of anilines is 2. The summed E-state index contributed by atoms with van der Waals surface area (Å²) in [6, 6.07) is 7.90. The number of carbonyl (C=O) groups excluding carboxylic acids is 4. The molecule has 2 saturated heterocycles. The van der Waals surface area contributed by atoms with Crippen LogP contribution >= 0.6 is 21.6 Å². The van der Waals surface area contributed by atoms with Crippen LogP contribution in [-0.4, -0.2) is 137 Å². The molecule has 20 nitrogen and oxygen atoms in total. The topological polar surface area (TPSA) is 251 Å². The number of amides is 4. The van der Waals surface area contributed by atoms with Crippen molar-refractivity contribution in [1.82, 2.24) is 14.8 Å². The van der Waals surface area contributed by atoms with E-state index in [0.29, 0.717) is 38.8 Å². The zero-order valence-corrected chi connectivity index (χ0v) is 38.8. The fourth-order valence-electron chi connectivity index (χ4n) is 7.04. The highest BCUT2D eigenvalue weighted by Crippen LogP contribution is 2.40. The van der Waals surface area contributed by atoms with Crippen LogP contribution in [0.2, 0.25) is 0 Å². The fraction of sp³-hybridized carbons (Fsp3) is 0.512. The van der Waals surface area contributed by atoms with E-state index in [9.17, 15) is 39.5 Å². The number of pyridine rings is 1. The summed E-state index contributed by atoms with van der Waals surface area (Å²) in [5, 5.41) is 36.5. The summed E-state index contributed by atoms with van der Waals surface area (Å²) in [5.41, 5.74) is -0.557. The number of benzene rings is 2. The molecule has 0 saturated carbocycles. The smallest absolute Gasteiger partial charge is 0.412 e. The summed E-state index contributed by atoms with van der Waals surface area (Å²) in [5.74, 6) is -0.0263. The zero-order valence-electron chi connectivity index (χ0n) is 37.2. The van der Waals surface area contributed by atoms with Crippen molar-refractivity contribution >= 4 is 62.7 Å². The van der Waals surface area contributed by atoms with Gasteiger partial charge in [0, 0.05) is 49.2 Å². The van der Waals surface area contributed by atoms with Gasteiger partial charge < -0.3 is 48.4 Å². The molecule has 0 bridgehead atoms. The number of aliphatic hydroxyl groups excluding tert-OH is 2. The maximum Gasteiger partial charge on any atom is 0.412 e. The molecular weight excluding hydrogens is 889 g/mol. The van der Waals surface area contributed by atoms with E-state index in [-0.39, 0.29) is 101 Å². The first-order chi connectivity index (χ1) is 31.1. The van der Waals surface area contributed by atoms with Crippen LogP contribution in [0.25, 0.3) is 0 Å². The van der Waals surface area contributed by atoms with Gasteiger partial charge in [-0.1, -0.05) is 10.8 Å². The van der Waals surface area contributed by atoms with Crippen molar-refractivity contribution in [2.24, 2.45) is 0 Å². The molecule has 22 heteroatoms. The average Bonchev–Trinajstić information content (AvgIpc) is 3.97. The Balaban J connectivity index is 1.29. The predicted octanol–water partition coefficient (Wildman–Crippen LogP) is 6.77. The lowest BCUT2D eigenvalue weighted by molar-refractivity contribution is -0.388. The van der Waals surface area contributed by atoms with Crippen molar-refractivity contribution in [3.05, 3.63) is 63.8 Å².